The fourth-order valence-corrected chi connectivity index (χ4v) is 3.79. The number of Topliss-reactive ketones (excluding diaryl/α,β-unsaturated/α-hetero) is 1. The van der Waals surface area contributed by atoms with Gasteiger partial charge in [-0.25, -0.2) is 0 Å². The van der Waals surface area contributed by atoms with Gasteiger partial charge in [-0.15, -0.1) is 0 Å². The first-order valence-corrected chi connectivity index (χ1v) is 9.65. The number of nitrogens with one attached hydrogen (secondary N) is 2. The van der Waals surface area contributed by atoms with E-state index >= 15 is 0 Å². The number of methoxy groups -OCH3 is 2. The average Bonchev–Trinajstić information content (AvgIpc) is 3.17. The van der Waals surface area contributed by atoms with E-state index in [9.17, 15) is 9.59 Å². The summed E-state index contributed by atoms with van der Waals surface area (Å²) in [4.78, 5) is 25.7. The predicted octanol–water partition coefficient (Wildman–Crippen LogP) is 4.02. The highest BCUT2D eigenvalue weighted by molar-refractivity contribution is 6.08. The van der Waals surface area contributed by atoms with Crippen molar-refractivity contribution in [2.75, 3.05) is 19.5 Å². The molecule has 0 spiro atoms. The van der Waals surface area contributed by atoms with Crippen molar-refractivity contribution in [2.24, 2.45) is 0 Å². The van der Waals surface area contributed by atoms with Crippen molar-refractivity contribution in [2.45, 2.75) is 26.2 Å². The molecule has 0 saturated heterocycles. The molecule has 2 heterocycles. The Morgan fingerprint density at radius 3 is 2.50 bits per heavy atom. The molecule has 1 aliphatic heterocycles. The number of hydrogen-bond acceptors (Lipinski definition) is 5. The van der Waals surface area contributed by atoms with Gasteiger partial charge in [-0.3, -0.25) is 14.7 Å². The molecule has 1 atom stereocenters. The number of carbonyl (C=O) groups excluding carboxylic acids is 2. The third-order valence-corrected chi connectivity index (χ3v) is 5.58. The molecule has 2 N–H and O–H groups in total. The van der Waals surface area contributed by atoms with Gasteiger partial charge in [0.25, 0.3) is 0 Å². The molecule has 1 amide bonds. The van der Waals surface area contributed by atoms with E-state index in [0.29, 0.717) is 34.1 Å². The van der Waals surface area contributed by atoms with E-state index in [1.807, 2.05) is 44.2 Å². The van der Waals surface area contributed by atoms with Crippen LogP contribution in [0.4, 0.5) is 5.82 Å². The molecule has 0 fully saturated rings. The van der Waals surface area contributed by atoms with Gasteiger partial charge in [-0.1, -0.05) is 12.1 Å². The van der Waals surface area contributed by atoms with Gasteiger partial charge < -0.3 is 14.8 Å². The lowest BCUT2D eigenvalue weighted by molar-refractivity contribution is -0.116. The number of ketones is 1. The molecule has 30 heavy (non-hydrogen) atoms. The summed E-state index contributed by atoms with van der Waals surface area (Å²) in [5.41, 5.74) is 4.88. The molecule has 1 aliphatic rings. The van der Waals surface area contributed by atoms with E-state index in [2.05, 4.69) is 15.5 Å². The van der Waals surface area contributed by atoms with Gasteiger partial charge in [0, 0.05) is 23.1 Å². The summed E-state index contributed by atoms with van der Waals surface area (Å²) in [6.07, 6.45) is 0.0680. The van der Waals surface area contributed by atoms with E-state index in [0.717, 1.165) is 16.7 Å². The zero-order chi connectivity index (χ0) is 21.4. The van der Waals surface area contributed by atoms with Crippen LogP contribution >= 0.6 is 0 Å². The van der Waals surface area contributed by atoms with Crippen LogP contribution in [-0.4, -0.2) is 36.1 Å². The van der Waals surface area contributed by atoms with E-state index in [1.54, 1.807) is 20.3 Å². The van der Waals surface area contributed by atoms with E-state index < -0.39 is 5.92 Å². The number of carbonyl (C=O) groups is 2. The standard InChI is InChI=1S/C23H23N3O4/c1-12-5-6-15(9-13(12)2)22(28)16-11-19(27)24-23-20(16)21(25-26-23)14-7-8-17(29-3)18(10-14)30-4/h5-10,16H,11H2,1-4H3,(H2,24,25,26,27)/t16-/m1/s1. The number of ether oxygens (including phenoxy) is 2. The number of amides is 1. The fourth-order valence-electron chi connectivity index (χ4n) is 3.79. The predicted molar refractivity (Wildman–Crippen MR) is 113 cm³/mol. The van der Waals surface area contributed by atoms with Gasteiger partial charge >= 0.3 is 0 Å². The van der Waals surface area contributed by atoms with Crippen LogP contribution in [0.5, 0.6) is 11.5 Å². The zero-order valence-corrected chi connectivity index (χ0v) is 17.3. The number of benzene rings is 2. The first-order chi connectivity index (χ1) is 14.4. The Hall–Kier alpha value is -3.61. The van der Waals surface area contributed by atoms with E-state index in [4.69, 9.17) is 9.47 Å². The van der Waals surface area contributed by atoms with Gasteiger partial charge in [0.15, 0.2) is 23.1 Å². The summed E-state index contributed by atoms with van der Waals surface area (Å²) in [7, 11) is 3.14. The molecule has 4 rings (SSSR count). The third kappa shape index (κ3) is 3.32. The Morgan fingerprint density at radius 1 is 1.03 bits per heavy atom. The molecular formula is C23H23N3O4. The minimum absolute atomic E-state index is 0.0680. The minimum atomic E-state index is -0.627. The van der Waals surface area contributed by atoms with Crippen molar-refractivity contribution in [3.8, 4) is 22.8 Å². The normalized spacial score (nSPS) is 15.3. The number of H-pyrrole nitrogens is 1. The molecule has 0 unspecified atom stereocenters. The lowest BCUT2D eigenvalue weighted by Gasteiger charge is -2.22. The molecule has 2 aromatic carbocycles. The smallest absolute Gasteiger partial charge is 0.226 e. The van der Waals surface area contributed by atoms with Crippen molar-refractivity contribution in [3.63, 3.8) is 0 Å². The highest BCUT2D eigenvalue weighted by Crippen LogP contribution is 2.41. The van der Waals surface area contributed by atoms with Gasteiger partial charge in [-0.2, -0.15) is 5.10 Å². The van der Waals surface area contributed by atoms with Crippen LogP contribution in [0.2, 0.25) is 0 Å². The maximum Gasteiger partial charge on any atom is 0.226 e. The maximum atomic E-state index is 13.4. The molecule has 0 radical (unpaired) electrons. The third-order valence-electron chi connectivity index (χ3n) is 5.58. The van der Waals surface area contributed by atoms with Crippen molar-refractivity contribution in [1.29, 1.82) is 0 Å². The van der Waals surface area contributed by atoms with Crippen molar-refractivity contribution in [1.82, 2.24) is 10.2 Å². The highest BCUT2D eigenvalue weighted by Gasteiger charge is 2.36. The van der Waals surface area contributed by atoms with Gasteiger partial charge in [-0.05, 0) is 49.2 Å². The molecule has 0 aliphatic carbocycles. The minimum Gasteiger partial charge on any atom is -0.493 e. The summed E-state index contributed by atoms with van der Waals surface area (Å²) in [6.45, 7) is 3.97. The molecule has 3 aromatic rings. The average molecular weight is 405 g/mol. The number of aromatic amines is 1. The monoisotopic (exact) mass is 405 g/mol. The van der Waals surface area contributed by atoms with Crippen LogP contribution < -0.4 is 14.8 Å². The Bertz CT molecular complexity index is 1150. The van der Waals surface area contributed by atoms with Crippen molar-refractivity contribution < 1.29 is 19.1 Å². The lowest BCUT2D eigenvalue weighted by Crippen LogP contribution is -2.27. The van der Waals surface area contributed by atoms with Gasteiger partial charge in [0.1, 0.15) is 0 Å². The number of fused-ring (bicyclic) bond motifs is 1. The molecule has 7 nitrogen and oxygen atoms in total. The summed E-state index contributed by atoms with van der Waals surface area (Å²) < 4.78 is 10.7. The quantitative estimate of drug-likeness (QED) is 0.626. The number of hydrogen-bond donors (Lipinski definition) is 2. The molecule has 1 aromatic heterocycles. The maximum absolute atomic E-state index is 13.4. The molecule has 7 heteroatoms. The van der Waals surface area contributed by atoms with Crippen LogP contribution in [0.25, 0.3) is 11.3 Å². The summed E-state index contributed by atoms with van der Waals surface area (Å²) >= 11 is 0. The molecular weight excluding hydrogens is 382 g/mol. The molecule has 0 saturated carbocycles. The van der Waals surface area contributed by atoms with Gasteiger partial charge in [0.2, 0.25) is 5.91 Å². The van der Waals surface area contributed by atoms with Crippen LogP contribution in [0.1, 0.15) is 39.4 Å². The van der Waals surface area contributed by atoms with E-state index in [-0.39, 0.29) is 18.1 Å². The lowest BCUT2D eigenvalue weighted by atomic mass is 9.83. The highest BCUT2D eigenvalue weighted by atomic mass is 16.5. The number of aromatic nitrogens is 2. The van der Waals surface area contributed by atoms with Crippen LogP contribution in [0.3, 0.4) is 0 Å². The Balaban J connectivity index is 1.81. The summed E-state index contributed by atoms with van der Waals surface area (Å²) in [5, 5.41) is 10.0. The first-order valence-electron chi connectivity index (χ1n) is 9.65. The van der Waals surface area contributed by atoms with Crippen LogP contribution in [0.15, 0.2) is 36.4 Å². The Labute approximate surface area is 174 Å². The zero-order valence-electron chi connectivity index (χ0n) is 17.3. The second kappa shape index (κ2) is 7.67. The second-order valence-corrected chi connectivity index (χ2v) is 7.40. The Kier molecular flexibility index (Phi) is 5.03. The first kappa shape index (κ1) is 19.7. The van der Waals surface area contributed by atoms with Crippen LogP contribution in [-0.2, 0) is 4.79 Å². The van der Waals surface area contributed by atoms with Crippen molar-refractivity contribution >= 4 is 17.5 Å². The van der Waals surface area contributed by atoms with Crippen LogP contribution in [0, 0.1) is 13.8 Å². The number of aryl methyl sites for hydroxylation is 2. The molecule has 0 bridgehead atoms. The number of rotatable bonds is 5. The Morgan fingerprint density at radius 2 is 1.80 bits per heavy atom. The van der Waals surface area contributed by atoms with Crippen molar-refractivity contribution in [3.05, 3.63) is 58.7 Å². The number of anilines is 1. The summed E-state index contributed by atoms with van der Waals surface area (Å²) in [5.74, 6) is 0.601. The van der Waals surface area contributed by atoms with Gasteiger partial charge in [0.05, 0.1) is 25.8 Å². The molecule has 154 valence electrons. The SMILES string of the molecule is COc1ccc(-c2[nH]nc3c2[C@H](C(=O)c2ccc(C)c(C)c2)CC(=O)N3)cc1OC. The second-order valence-electron chi connectivity index (χ2n) is 7.40. The topological polar surface area (TPSA) is 93.3 Å². The fraction of sp³-hybridized carbons (Fsp3) is 0.261. The summed E-state index contributed by atoms with van der Waals surface area (Å²) in [6, 6.07) is 11.1. The van der Waals surface area contributed by atoms with E-state index in [1.165, 1.54) is 0 Å². The number of nitrogens with zero attached hydrogens (tertiary/aromatic N) is 1. The largest absolute Gasteiger partial charge is 0.493 e.